The Bertz CT molecular complexity index is 912. The molecule has 1 aromatic heterocycles. The van der Waals surface area contributed by atoms with Crippen LogP contribution in [-0.4, -0.2) is 61.9 Å². The van der Waals surface area contributed by atoms with Crippen LogP contribution in [0.25, 0.3) is 11.0 Å². The number of nitrogens with zero attached hydrogens (tertiary/aromatic N) is 3. The van der Waals surface area contributed by atoms with Gasteiger partial charge >= 0.3 is 0 Å². The molecule has 0 aliphatic heterocycles. The second-order valence-corrected chi connectivity index (χ2v) is 15.1. The highest BCUT2D eigenvalue weighted by molar-refractivity contribution is 14.1. The number of rotatable bonds is 10. The summed E-state index contributed by atoms with van der Waals surface area (Å²) in [6, 6.07) is 5.80. The molecule has 0 bridgehead atoms. The summed E-state index contributed by atoms with van der Waals surface area (Å²) in [5.41, 5.74) is 1.87. The van der Waals surface area contributed by atoms with Crippen LogP contribution in [0.3, 0.4) is 0 Å². The van der Waals surface area contributed by atoms with E-state index in [1.165, 1.54) is 6.20 Å². The Morgan fingerprint density at radius 3 is 2.68 bits per heavy atom. The average Bonchev–Trinajstić information content (AvgIpc) is 2.70. The maximum atomic E-state index is 12.4. The number of carbonyl (C=O) groups is 1. The van der Waals surface area contributed by atoms with Crippen LogP contribution in [0.1, 0.15) is 38.2 Å². The van der Waals surface area contributed by atoms with E-state index in [1.54, 1.807) is 0 Å². The third-order valence-corrected chi connectivity index (χ3v) is 10.9. The van der Waals surface area contributed by atoms with Crippen molar-refractivity contribution in [2.24, 2.45) is 0 Å². The maximum absolute atomic E-state index is 12.4. The van der Waals surface area contributed by atoms with Crippen molar-refractivity contribution < 1.29 is 9.22 Å². The van der Waals surface area contributed by atoms with Crippen molar-refractivity contribution in [3.63, 3.8) is 0 Å². The van der Waals surface area contributed by atoms with Gasteiger partial charge in [-0.15, -0.1) is 0 Å². The van der Waals surface area contributed by atoms with Gasteiger partial charge in [-0.1, -0.05) is 39.8 Å². The Balaban J connectivity index is 1.77. The molecule has 0 spiro atoms. The van der Waals surface area contributed by atoms with Gasteiger partial charge in [0.2, 0.25) is 0 Å². The Morgan fingerprint density at radius 1 is 1.26 bits per heavy atom. The summed E-state index contributed by atoms with van der Waals surface area (Å²) in [6.07, 6.45) is 5.79. The average molecular weight is 555 g/mol. The lowest BCUT2D eigenvalue weighted by Crippen LogP contribution is -2.40. The third-order valence-electron chi connectivity index (χ3n) is 5.77. The number of carbonyl (C=O) groups excluding carboxylic acids is 1. The molecule has 6 nitrogen and oxygen atoms in total. The Kier molecular flexibility index (Phi) is 9.59. The van der Waals surface area contributed by atoms with E-state index in [9.17, 15) is 4.79 Å². The minimum atomic E-state index is -1.70. The van der Waals surface area contributed by atoms with Crippen LogP contribution in [0.2, 0.25) is 18.1 Å². The molecule has 0 radical (unpaired) electrons. The maximum Gasteiger partial charge on any atom is 0.271 e. The van der Waals surface area contributed by atoms with E-state index in [2.05, 4.69) is 95.7 Å². The molecule has 0 atom stereocenters. The normalized spacial score (nSPS) is 12.8. The van der Waals surface area contributed by atoms with E-state index in [1.807, 2.05) is 18.2 Å². The molecule has 1 amide bonds. The number of hydrogen-bond acceptors (Lipinski definition) is 5. The molecule has 1 heterocycles. The van der Waals surface area contributed by atoms with Gasteiger partial charge in [-0.2, -0.15) is 0 Å². The Morgan fingerprint density at radius 2 is 2.00 bits per heavy atom. The first kappa shape index (κ1) is 25.9. The number of aromatic nitrogens is 2. The van der Waals surface area contributed by atoms with E-state index in [4.69, 9.17) is 4.43 Å². The minimum absolute atomic E-state index is 0.192. The molecule has 31 heavy (non-hydrogen) atoms. The van der Waals surface area contributed by atoms with Crippen LogP contribution in [0.5, 0.6) is 0 Å². The number of halogens is 1. The zero-order valence-corrected chi connectivity index (χ0v) is 22.7. The molecule has 0 fully saturated rings. The highest BCUT2D eigenvalue weighted by Crippen LogP contribution is 2.36. The van der Waals surface area contributed by atoms with Crippen molar-refractivity contribution in [3.05, 3.63) is 45.8 Å². The molecule has 0 aliphatic rings. The van der Waals surface area contributed by atoms with Gasteiger partial charge in [0, 0.05) is 23.2 Å². The first-order valence-corrected chi connectivity index (χ1v) is 14.7. The molecule has 1 aromatic carbocycles. The van der Waals surface area contributed by atoms with Crippen LogP contribution in [0.15, 0.2) is 36.5 Å². The van der Waals surface area contributed by atoms with E-state index >= 15 is 0 Å². The van der Waals surface area contributed by atoms with Gasteiger partial charge in [-0.3, -0.25) is 14.7 Å². The van der Waals surface area contributed by atoms with Gasteiger partial charge in [-0.05, 0) is 65.5 Å². The van der Waals surface area contributed by atoms with Gasteiger partial charge in [0.25, 0.3) is 5.91 Å². The molecule has 0 saturated heterocycles. The van der Waals surface area contributed by atoms with Gasteiger partial charge in [-0.25, -0.2) is 4.98 Å². The number of likely N-dealkylation sites (N-methyl/N-ethyl adjacent to an activating group) is 1. The summed E-state index contributed by atoms with van der Waals surface area (Å²) in [7, 11) is -1.70. The Hall–Kier alpha value is -1.36. The topological polar surface area (TPSA) is 67.3 Å². The number of fused-ring (bicyclic) bond motifs is 1. The third kappa shape index (κ3) is 7.92. The number of nitrogens with one attached hydrogen (secondary N) is 1. The molecular weight excluding hydrogens is 519 g/mol. The fourth-order valence-electron chi connectivity index (χ4n) is 2.65. The standard InChI is InChI=1S/C23H35IN4O2Si/c1-7-28(13-8-9-15-30-31(5,6)23(2,3)4)14-12-25-22(29)21-17-26-20-16-18(24)10-11-19(20)27-21/h8-11,16-17H,7,12-15H2,1-6H3,(H,25,29)/b9-8+. The lowest BCUT2D eigenvalue weighted by atomic mass is 10.2. The quantitative estimate of drug-likeness (QED) is 0.258. The molecule has 1 N–H and O–H groups in total. The predicted octanol–water partition coefficient (Wildman–Crippen LogP) is 4.86. The molecule has 8 heteroatoms. The highest BCUT2D eigenvalue weighted by Gasteiger charge is 2.36. The zero-order chi connectivity index (χ0) is 23.1. The minimum Gasteiger partial charge on any atom is -0.413 e. The molecule has 0 unspecified atom stereocenters. The Labute approximate surface area is 201 Å². The van der Waals surface area contributed by atoms with Crippen LogP contribution >= 0.6 is 22.6 Å². The van der Waals surface area contributed by atoms with Crippen LogP contribution < -0.4 is 5.32 Å². The van der Waals surface area contributed by atoms with Gasteiger partial charge in [0.05, 0.1) is 23.8 Å². The summed E-state index contributed by atoms with van der Waals surface area (Å²) >= 11 is 2.24. The number of amides is 1. The molecular formula is C23H35IN4O2Si. The first-order chi connectivity index (χ1) is 14.5. The van der Waals surface area contributed by atoms with Crippen molar-refractivity contribution in [1.29, 1.82) is 0 Å². The van der Waals surface area contributed by atoms with Crippen molar-refractivity contribution >= 4 is 47.8 Å². The molecule has 2 rings (SSSR count). The van der Waals surface area contributed by atoms with Gasteiger partial charge in [0.1, 0.15) is 5.69 Å². The van der Waals surface area contributed by atoms with Crippen LogP contribution in [0, 0.1) is 3.57 Å². The van der Waals surface area contributed by atoms with Crippen LogP contribution in [-0.2, 0) is 4.43 Å². The summed E-state index contributed by atoms with van der Waals surface area (Å²) in [5.74, 6) is -0.192. The molecule has 170 valence electrons. The van der Waals surface area contributed by atoms with Crippen molar-refractivity contribution in [1.82, 2.24) is 20.2 Å². The van der Waals surface area contributed by atoms with E-state index in [0.29, 0.717) is 18.8 Å². The second-order valence-electron chi connectivity index (χ2n) is 9.08. The molecule has 0 saturated carbocycles. The monoisotopic (exact) mass is 554 g/mol. The number of hydrogen-bond donors (Lipinski definition) is 1. The van der Waals surface area contributed by atoms with Crippen LogP contribution in [0.4, 0.5) is 0 Å². The van der Waals surface area contributed by atoms with E-state index in [-0.39, 0.29) is 10.9 Å². The second kappa shape index (κ2) is 11.5. The summed E-state index contributed by atoms with van der Waals surface area (Å²) in [6.45, 7) is 17.1. The van der Waals surface area contributed by atoms with Gasteiger partial charge < -0.3 is 9.74 Å². The largest absolute Gasteiger partial charge is 0.413 e. The van der Waals surface area contributed by atoms with Gasteiger partial charge in [0.15, 0.2) is 8.32 Å². The summed E-state index contributed by atoms with van der Waals surface area (Å²) in [4.78, 5) is 23.5. The molecule has 2 aromatic rings. The highest BCUT2D eigenvalue weighted by atomic mass is 127. The first-order valence-electron chi connectivity index (χ1n) is 10.8. The fourth-order valence-corrected chi connectivity index (χ4v) is 4.08. The molecule has 0 aliphatic carbocycles. The van der Waals surface area contributed by atoms with Crippen molar-refractivity contribution in [2.75, 3.05) is 32.8 Å². The predicted molar refractivity (Wildman–Crippen MR) is 139 cm³/mol. The fraction of sp³-hybridized carbons (Fsp3) is 0.522. The zero-order valence-electron chi connectivity index (χ0n) is 19.5. The lowest BCUT2D eigenvalue weighted by molar-refractivity contribution is 0.0944. The lowest BCUT2D eigenvalue weighted by Gasteiger charge is -2.35. The van der Waals surface area contributed by atoms with E-state index < -0.39 is 8.32 Å². The van der Waals surface area contributed by atoms with E-state index in [0.717, 1.165) is 34.2 Å². The van der Waals surface area contributed by atoms with Crippen molar-refractivity contribution in [2.45, 2.75) is 45.8 Å². The smallest absolute Gasteiger partial charge is 0.271 e. The summed E-state index contributed by atoms with van der Waals surface area (Å²) < 4.78 is 7.27. The summed E-state index contributed by atoms with van der Waals surface area (Å²) in [5, 5.41) is 3.17. The number of benzene rings is 1. The SMILES string of the molecule is CCN(C/C=C/CO[Si](C)(C)C(C)(C)C)CCNC(=O)c1cnc2cc(I)ccc2n1. The van der Waals surface area contributed by atoms with Crippen molar-refractivity contribution in [3.8, 4) is 0 Å².